The molecule has 20 heavy (non-hydrogen) atoms. The summed E-state index contributed by atoms with van der Waals surface area (Å²) in [7, 11) is 4.11. The highest BCUT2D eigenvalue weighted by atomic mass is 35.5. The van der Waals surface area contributed by atoms with Crippen LogP contribution in [0.2, 0.25) is 0 Å². The zero-order valence-electron chi connectivity index (χ0n) is 13.1. The van der Waals surface area contributed by atoms with E-state index in [4.69, 9.17) is 5.73 Å². The lowest BCUT2D eigenvalue weighted by Gasteiger charge is -2.28. The Morgan fingerprint density at radius 3 is 2.35 bits per heavy atom. The summed E-state index contributed by atoms with van der Waals surface area (Å²) in [5.74, 6) is 0.547. The Hall–Kier alpha value is -0.0300. The Morgan fingerprint density at radius 1 is 1.30 bits per heavy atom. The summed E-state index contributed by atoms with van der Waals surface area (Å²) in [6.45, 7) is 6.05. The number of rotatable bonds is 6. The van der Waals surface area contributed by atoms with Gasteiger partial charge in [0.25, 0.3) is 0 Å². The lowest BCUT2D eigenvalue weighted by Crippen LogP contribution is -2.41. The second kappa shape index (κ2) is 9.82. The highest BCUT2D eigenvalue weighted by Crippen LogP contribution is 2.26. The SMILES string of the molecule is CN(C)CC(C)(C)CNC(=O)C[C@@H]1CCC[C@H]1N.Cl.Cl. The quantitative estimate of drug-likeness (QED) is 0.785. The molecule has 4 nitrogen and oxygen atoms in total. The zero-order chi connectivity index (χ0) is 13.8. The molecule has 0 aliphatic heterocycles. The third-order valence-electron chi connectivity index (χ3n) is 3.67. The first kappa shape index (κ1) is 22.3. The first-order valence-electron chi connectivity index (χ1n) is 6.97. The Balaban J connectivity index is 0. The van der Waals surface area contributed by atoms with Crippen LogP contribution in [0.5, 0.6) is 0 Å². The van der Waals surface area contributed by atoms with Crippen molar-refractivity contribution in [1.29, 1.82) is 0 Å². The van der Waals surface area contributed by atoms with E-state index in [0.717, 1.165) is 25.9 Å². The van der Waals surface area contributed by atoms with E-state index in [9.17, 15) is 4.79 Å². The molecule has 2 atom stereocenters. The number of nitrogens with one attached hydrogen (secondary N) is 1. The summed E-state index contributed by atoms with van der Waals surface area (Å²) >= 11 is 0. The number of halogens is 2. The van der Waals surface area contributed by atoms with Crippen LogP contribution in [0.15, 0.2) is 0 Å². The summed E-state index contributed by atoms with van der Waals surface area (Å²) < 4.78 is 0. The van der Waals surface area contributed by atoms with Crippen LogP contribution in [0.3, 0.4) is 0 Å². The minimum Gasteiger partial charge on any atom is -0.356 e. The van der Waals surface area contributed by atoms with Crippen LogP contribution in [0.4, 0.5) is 0 Å². The van der Waals surface area contributed by atoms with Gasteiger partial charge >= 0.3 is 0 Å². The Labute approximate surface area is 136 Å². The number of carbonyl (C=O) groups excluding carboxylic acids is 1. The van der Waals surface area contributed by atoms with Crippen LogP contribution in [-0.4, -0.2) is 44.0 Å². The fourth-order valence-corrected chi connectivity index (χ4v) is 2.88. The van der Waals surface area contributed by atoms with Crippen molar-refractivity contribution >= 4 is 30.7 Å². The molecule has 1 rings (SSSR count). The summed E-state index contributed by atoms with van der Waals surface area (Å²) in [5.41, 5.74) is 6.10. The molecule has 0 aromatic carbocycles. The smallest absolute Gasteiger partial charge is 0.220 e. The molecular formula is C14H31Cl2N3O. The van der Waals surface area contributed by atoms with Gasteiger partial charge in [-0.25, -0.2) is 0 Å². The topological polar surface area (TPSA) is 58.4 Å². The standard InChI is InChI=1S/C14H29N3O.2ClH/c1-14(2,10-17(3)4)9-16-13(18)8-11-6-5-7-12(11)15;;/h11-12H,5-10,15H2,1-4H3,(H,16,18);2*1H/t11-,12+;;/m0../s1. The van der Waals surface area contributed by atoms with Gasteiger partial charge in [0.05, 0.1) is 0 Å². The van der Waals surface area contributed by atoms with E-state index in [1.54, 1.807) is 0 Å². The van der Waals surface area contributed by atoms with Crippen LogP contribution >= 0.6 is 24.8 Å². The first-order valence-corrected chi connectivity index (χ1v) is 6.97. The van der Waals surface area contributed by atoms with Gasteiger partial charge in [0.1, 0.15) is 0 Å². The van der Waals surface area contributed by atoms with Crippen molar-refractivity contribution in [3.63, 3.8) is 0 Å². The van der Waals surface area contributed by atoms with Crippen molar-refractivity contribution in [2.75, 3.05) is 27.2 Å². The van der Waals surface area contributed by atoms with E-state index < -0.39 is 0 Å². The average molecular weight is 328 g/mol. The molecule has 1 aliphatic carbocycles. The van der Waals surface area contributed by atoms with Crippen molar-refractivity contribution in [3.8, 4) is 0 Å². The number of hydrogen-bond donors (Lipinski definition) is 2. The second-order valence-corrected chi connectivity index (χ2v) is 6.74. The molecule has 0 heterocycles. The van der Waals surface area contributed by atoms with Crippen LogP contribution < -0.4 is 11.1 Å². The Morgan fingerprint density at radius 2 is 1.90 bits per heavy atom. The zero-order valence-corrected chi connectivity index (χ0v) is 14.8. The molecule has 0 saturated heterocycles. The van der Waals surface area contributed by atoms with E-state index in [1.165, 1.54) is 6.42 Å². The van der Waals surface area contributed by atoms with Crippen LogP contribution in [0.25, 0.3) is 0 Å². The van der Waals surface area contributed by atoms with Crippen molar-refractivity contribution in [2.45, 2.75) is 45.6 Å². The van der Waals surface area contributed by atoms with Crippen molar-refractivity contribution in [1.82, 2.24) is 10.2 Å². The molecule has 6 heteroatoms. The number of hydrogen-bond acceptors (Lipinski definition) is 3. The molecule has 0 aromatic rings. The molecule has 1 aliphatic rings. The summed E-state index contributed by atoms with van der Waals surface area (Å²) in [6, 6.07) is 0.227. The third-order valence-corrected chi connectivity index (χ3v) is 3.67. The largest absolute Gasteiger partial charge is 0.356 e. The average Bonchev–Trinajstić information content (AvgIpc) is 2.60. The first-order chi connectivity index (χ1) is 8.30. The molecule has 0 unspecified atom stereocenters. The number of carbonyl (C=O) groups is 1. The fraction of sp³-hybridized carbons (Fsp3) is 0.929. The van der Waals surface area contributed by atoms with Crippen molar-refractivity contribution in [2.24, 2.45) is 17.1 Å². The van der Waals surface area contributed by atoms with E-state index in [1.807, 2.05) is 0 Å². The van der Waals surface area contributed by atoms with Gasteiger partial charge < -0.3 is 16.0 Å². The Bertz CT molecular complexity index is 286. The van der Waals surface area contributed by atoms with E-state index in [0.29, 0.717) is 12.3 Å². The molecule has 0 bridgehead atoms. The number of amides is 1. The van der Waals surface area contributed by atoms with Crippen molar-refractivity contribution in [3.05, 3.63) is 0 Å². The highest BCUT2D eigenvalue weighted by Gasteiger charge is 2.27. The fourth-order valence-electron chi connectivity index (χ4n) is 2.88. The predicted molar refractivity (Wildman–Crippen MR) is 89.8 cm³/mol. The van der Waals surface area contributed by atoms with Gasteiger partial charge in [-0.3, -0.25) is 4.79 Å². The molecule has 1 saturated carbocycles. The van der Waals surface area contributed by atoms with Gasteiger partial charge in [0.2, 0.25) is 5.91 Å². The second-order valence-electron chi connectivity index (χ2n) is 6.74. The molecule has 1 amide bonds. The lowest BCUT2D eigenvalue weighted by molar-refractivity contribution is -0.122. The number of nitrogens with two attached hydrogens (primary N) is 1. The summed E-state index contributed by atoms with van der Waals surface area (Å²) in [4.78, 5) is 14.0. The third kappa shape index (κ3) is 8.30. The maximum absolute atomic E-state index is 11.9. The van der Waals surface area contributed by atoms with Crippen LogP contribution in [0.1, 0.15) is 39.5 Å². The minimum atomic E-state index is 0. The maximum Gasteiger partial charge on any atom is 0.220 e. The van der Waals surface area contributed by atoms with Gasteiger partial charge in [0.15, 0.2) is 0 Å². The van der Waals surface area contributed by atoms with E-state index in [2.05, 4.69) is 38.2 Å². The van der Waals surface area contributed by atoms with Gasteiger partial charge in [-0.1, -0.05) is 20.3 Å². The van der Waals surface area contributed by atoms with Gasteiger partial charge in [-0.15, -0.1) is 24.8 Å². The highest BCUT2D eigenvalue weighted by molar-refractivity contribution is 5.85. The maximum atomic E-state index is 11.9. The van der Waals surface area contributed by atoms with Gasteiger partial charge in [-0.2, -0.15) is 0 Å². The molecule has 0 radical (unpaired) electrons. The monoisotopic (exact) mass is 327 g/mol. The lowest BCUT2D eigenvalue weighted by atomic mass is 9.92. The van der Waals surface area contributed by atoms with E-state index >= 15 is 0 Å². The molecule has 122 valence electrons. The Kier molecular flexibility index (Phi) is 10.9. The summed E-state index contributed by atoms with van der Waals surface area (Å²) in [6.07, 6.45) is 3.95. The van der Waals surface area contributed by atoms with E-state index in [-0.39, 0.29) is 42.2 Å². The van der Waals surface area contributed by atoms with Gasteiger partial charge in [0, 0.05) is 25.6 Å². The molecular weight excluding hydrogens is 297 g/mol. The molecule has 0 aromatic heterocycles. The van der Waals surface area contributed by atoms with Crippen LogP contribution in [0, 0.1) is 11.3 Å². The minimum absolute atomic E-state index is 0. The van der Waals surface area contributed by atoms with Gasteiger partial charge in [-0.05, 0) is 38.3 Å². The number of nitrogens with zero attached hydrogens (tertiary/aromatic N) is 1. The normalized spacial score (nSPS) is 22.1. The van der Waals surface area contributed by atoms with Crippen molar-refractivity contribution < 1.29 is 4.79 Å². The molecule has 1 fully saturated rings. The predicted octanol–water partition coefficient (Wildman–Crippen LogP) is 2.05. The summed E-state index contributed by atoms with van der Waals surface area (Å²) in [5, 5.41) is 3.05. The molecule has 0 spiro atoms. The molecule has 3 N–H and O–H groups in total. The van der Waals surface area contributed by atoms with Crippen LogP contribution in [-0.2, 0) is 4.79 Å².